The molecule has 3 heterocycles. The van der Waals surface area contributed by atoms with Crippen LogP contribution in [0.25, 0.3) is 0 Å². The van der Waals surface area contributed by atoms with Gasteiger partial charge in [0.1, 0.15) is 18.7 Å². The van der Waals surface area contributed by atoms with E-state index in [0.717, 1.165) is 12.8 Å². The average molecular weight is 381 g/mol. The molecule has 27 heavy (non-hydrogen) atoms. The van der Waals surface area contributed by atoms with E-state index >= 15 is 0 Å². The van der Waals surface area contributed by atoms with Gasteiger partial charge in [0.2, 0.25) is 5.91 Å². The largest absolute Gasteiger partial charge is 0.378 e. The van der Waals surface area contributed by atoms with Crippen molar-refractivity contribution in [3.05, 3.63) is 0 Å². The Morgan fingerprint density at radius 2 is 1.93 bits per heavy atom. The normalized spacial score (nSPS) is 27.3. The van der Waals surface area contributed by atoms with Crippen molar-refractivity contribution >= 4 is 17.7 Å². The van der Waals surface area contributed by atoms with Crippen molar-refractivity contribution in [3.63, 3.8) is 0 Å². The third kappa shape index (κ3) is 4.79. The zero-order valence-corrected chi connectivity index (χ0v) is 16.5. The molecule has 3 atom stereocenters. The van der Waals surface area contributed by atoms with Gasteiger partial charge < -0.3 is 24.6 Å². The van der Waals surface area contributed by atoms with Gasteiger partial charge in [0.15, 0.2) is 5.78 Å². The van der Waals surface area contributed by atoms with E-state index in [1.54, 1.807) is 9.80 Å². The topological polar surface area (TPSA) is 88.2 Å². The van der Waals surface area contributed by atoms with Crippen LogP contribution in [0.1, 0.15) is 40.0 Å². The summed E-state index contributed by atoms with van der Waals surface area (Å²) >= 11 is 0. The summed E-state index contributed by atoms with van der Waals surface area (Å²) in [5, 5.41) is 2.92. The SMILES string of the molecule is CC(C)(C)CC(NC(=O)N1CCOCC1)C(=O)N1CCCC2OCC(=O)C21. The number of carbonyl (C=O) groups excluding carboxylic acids is 3. The Hall–Kier alpha value is -1.67. The maximum Gasteiger partial charge on any atom is 0.318 e. The minimum atomic E-state index is -0.660. The van der Waals surface area contributed by atoms with E-state index in [1.165, 1.54) is 0 Å². The summed E-state index contributed by atoms with van der Waals surface area (Å²) < 4.78 is 10.8. The Balaban J connectivity index is 1.74. The first-order chi connectivity index (χ1) is 12.8. The lowest BCUT2D eigenvalue weighted by molar-refractivity contribution is -0.143. The molecule has 0 spiro atoms. The molecule has 0 aliphatic carbocycles. The molecule has 0 bridgehead atoms. The van der Waals surface area contributed by atoms with Crippen LogP contribution in [-0.4, -0.2) is 85.2 Å². The molecule has 3 saturated heterocycles. The summed E-state index contributed by atoms with van der Waals surface area (Å²) in [6.45, 7) is 8.77. The molecule has 3 aliphatic rings. The van der Waals surface area contributed by atoms with Gasteiger partial charge in [-0.1, -0.05) is 20.8 Å². The third-order valence-corrected chi connectivity index (χ3v) is 5.34. The minimum absolute atomic E-state index is 0.0398. The predicted molar refractivity (Wildman–Crippen MR) is 98.3 cm³/mol. The molecule has 3 fully saturated rings. The van der Waals surface area contributed by atoms with Crippen molar-refractivity contribution in [3.8, 4) is 0 Å². The number of ketones is 1. The van der Waals surface area contributed by atoms with Gasteiger partial charge in [0, 0.05) is 19.6 Å². The summed E-state index contributed by atoms with van der Waals surface area (Å²) in [4.78, 5) is 41.6. The molecule has 0 aromatic carbocycles. The van der Waals surface area contributed by atoms with Gasteiger partial charge in [0.25, 0.3) is 0 Å². The number of nitrogens with one attached hydrogen (secondary N) is 1. The highest BCUT2D eigenvalue weighted by atomic mass is 16.5. The Morgan fingerprint density at radius 3 is 2.59 bits per heavy atom. The number of hydrogen-bond donors (Lipinski definition) is 1. The van der Waals surface area contributed by atoms with Crippen LogP contribution in [0.3, 0.4) is 0 Å². The van der Waals surface area contributed by atoms with E-state index in [4.69, 9.17) is 9.47 Å². The van der Waals surface area contributed by atoms with Crippen LogP contribution in [0, 0.1) is 5.41 Å². The smallest absolute Gasteiger partial charge is 0.318 e. The molecule has 8 nitrogen and oxygen atoms in total. The number of amides is 3. The van der Waals surface area contributed by atoms with Crippen LogP contribution < -0.4 is 5.32 Å². The minimum Gasteiger partial charge on any atom is -0.378 e. The Labute approximate surface area is 160 Å². The Kier molecular flexibility index (Phi) is 6.05. The van der Waals surface area contributed by atoms with Crippen LogP contribution in [0.4, 0.5) is 4.79 Å². The number of morpholine rings is 1. The molecule has 0 aromatic rings. The highest BCUT2D eigenvalue weighted by Crippen LogP contribution is 2.29. The maximum absolute atomic E-state index is 13.3. The molecular formula is C19H31N3O5. The molecule has 3 amide bonds. The first-order valence-corrected chi connectivity index (χ1v) is 9.84. The molecule has 152 valence electrons. The van der Waals surface area contributed by atoms with Crippen LogP contribution in [-0.2, 0) is 19.1 Å². The zero-order chi connectivity index (χ0) is 19.6. The van der Waals surface area contributed by atoms with Gasteiger partial charge >= 0.3 is 6.03 Å². The zero-order valence-electron chi connectivity index (χ0n) is 16.5. The van der Waals surface area contributed by atoms with Crippen LogP contribution in [0.2, 0.25) is 0 Å². The fraction of sp³-hybridized carbons (Fsp3) is 0.842. The lowest BCUT2D eigenvalue weighted by Crippen LogP contribution is -2.60. The Bertz CT molecular complexity index is 582. The van der Waals surface area contributed by atoms with Gasteiger partial charge in [-0.25, -0.2) is 4.79 Å². The number of rotatable bonds is 3. The van der Waals surface area contributed by atoms with E-state index in [2.05, 4.69) is 5.32 Å². The summed E-state index contributed by atoms with van der Waals surface area (Å²) in [6.07, 6.45) is 1.90. The van der Waals surface area contributed by atoms with E-state index in [0.29, 0.717) is 39.3 Å². The number of piperidine rings is 1. The van der Waals surface area contributed by atoms with Gasteiger partial charge in [-0.2, -0.15) is 0 Å². The lowest BCUT2D eigenvalue weighted by atomic mass is 9.86. The maximum atomic E-state index is 13.3. The predicted octanol–water partition coefficient (Wildman–Crippen LogP) is 0.792. The number of ether oxygens (including phenoxy) is 2. The van der Waals surface area contributed by atoms with E-state index < -0.39 is 12.1 Å². The van der Waals surface area contributed by atoms with E-state index in [1.807, 2.05) is 20.8 Å². The highest BCUT2D eigenvalue weighted by molar-refractivity contribution is 5.94. The van der Waals surface area contributed by atoms with Crippen molar-refractivity contribution in [1.29, 1.82) is 0 Å². The summed E-state index contributed by atoms with van der Waals surface area (Å²) in [7, 11) is 0. The second-order valence-corrected chi connectivity index (χ2v) is 8.80. The second kappa shape index (κ2) is 8.14. The first-order valence-electron chi connectivity index (χ1n) is 9.84. The number of nitrogens with zero attached hydrogens (tertiary/aromatic N) is 2. The second-order valence-electron chi connectivity index (χ2n) is 8.80. The molecule has 0 radical (unpaired) electrons. The molecule has 0 saturated carbocycles. The van der Waals surface area contributed by atoms with Crippen molar-refractivity contribution in [1.82, 2.24) is 15.1 Å². The van der Waals surface area contributed by atoms with Crippen LogP contribution in [0.5, 0.6) is 0 Å². The fourth-order valence-electron chi connectivity index (χ4n) is 4.06. The number of hydrogen-bond acceptors (Lipinski definition) is 5. The molecular weight excluding hydrogens is 350 g/mol. The van der Waals surface area contributed by atoms with E-state index in [9.17, 15) is 14.4 Å². The summed E-state index contributed by atoms with van der Waals surface area (Å²) in [5.41, 5.74) is -0.149. The van der Waals surface area contributed by atoms with Crippen LogP contribution in [0.15, 0.2) is 0 Å². The quantitative estimate of drug-likeness (QED) is 0.781. The fourth-order valence-corrected chi connectivity index (χ4v) is 4.06. The van der Waals surface area contributed by atoms with E-state index in [-0.39, 0.29) is 35.8 Å². The monoisotopic (exact) mass is 381 g/mol. The molecule has 3 unspecified atom stereocenters. The molecule has 1 N–H and O–H groups in total. The molecule has 0 aromatic heterocycles. The van der Waals surface area contributed by atoms with Crippen LogP contribution >= 0.6 is 0 Å². The van der Waals surface area contributed by atoms with Gasteiger partial charge in [-0.3, -0.25) is 9.59 Å². The third-order valence-electron chi connectivity index (χ3n) is 5.34. The lowest BCUT2D eigenvalue weighted by Gasteiger charge is -2.39. The standard InChI is InChI=1S/C19H31N3O5/c1-19(2,3)11-13(20-18(25)21-7-9-26-10-8-21)17(24)22-6-4-5-15-16(22)14(23)12-27-15/h13,15-16H,4-12H2,1-3H3,(H,20,25). The highest BCUT2D eigenvalue weighted by Gasteiger charge is 2.46. The number of likely N-dealkylation sites (tertiary alicyclic amines) is 1. The van der Waals surface area contributed by atoms with Crippen molar-refractivity contribution < 1.29 is 23.9 Å². The van der Waals surface area contributed by atoms with Gasteiger partial charge in [-0.15, -0.1) is 0 Å². The number of Topliss-reactive ketones (excluding diaryl/α,β-unsaturated/α-hetero) is 1. The Morgan fingerprint density at radius 1 is 1.22 bits per heavy atom. The molecule has 3 rings (SSSR count). The van der Waals surface area contributed by atoms with Crippen molar-refractivity contribution in [2.75, 3.05) is 39.5 Å². The number of fused-ring (bicyclic) bond motifs is 1. The average Bonchev–Trinajstić information content (AvgIpc) is 3.01. The van der Waals surface area contributed by atoms with Crippen molar-refractivity contribution in [2.45, 2.75) is 58.2 Å². The first kappa shape index (κ1) is 20.1. The molecule has 3 aliphatic heterocycles. The van der Waals surface area contributed by atoms with Gasteiger partial charge in [0.05, 0.1) is 19.3 Å². The summed E-state index contributed by atoms with van der Waals surface area (Å²) in [6, 6.07) is -1.41. The van der Waals surface area contributed by atoms with Crippen molar-refractivity contribution in [2.24, 2.45) is 5.41 Å². The summed E-state index contributed by atoms with van der Waals surface area (Å²) in [5.74, 6) is -0.220. The van der Waals surface area contributed by atoms with Gasteiger partial charge in [-0.05, 0) is 24.7 Å². The number of carbonyl (C=O) groups is 3. The molecule has 8 heteroatoms. The number of urea groups is 1.